The molecular formula is C18H29NO. The van der Waals surface area contributed by atoms with Crippen LogP contribution in [0.5, 0.6) is 0 Å². The molecule has 0 radical (unpaired) electrons. The van der Waals surface area contributed by atoms with Crippen LogP contribution in [0.2, 0.25) is 0 Å². The molecule has 2 heteroatoms. The monoisotopic (exact) mass is 275 g/mol. The summed E-state index contributed by atoms with van der Waals surface area (Å²) in [4.78, 5) is 0. The van der Waals surface area contributed by atoms with Crippen LogP contribution in [0.25, 0.3) is 0 Å². The zero-order valence-corrected chi connectivity index (χ0v) is 13.4. The number of hydrogen-bond acceptors (Lipinski definition) is 2. The minimum atomic E-state index is -0.0220. The Labute approximate surface area is 123 Å². The van der Waals surface area contributed by atoms with Crippen molar-refractivity contribution in [3.05, 3.63) is 35.4 Å². The van der Waals surface area contributed by atoms with Gasteiger partial charge in [-0.1, -0.05) is 31.2 Å². The summed E-state index contributed by atoms with van der Waals surface area (Å²) in [6.45, 7) is 7.60. The molecule has 0 amide bonds. The Morgan fingerprint density at radius 1 is 1.35 bits per heavy atom. The van der Waals surface area contributed by atoms with E-state index in [9.17, 15) is 0 Å². The van der Waals surface area contributed by atoms with Crippen LogP contribution >= 0.6 is 0 Å². The number of ether oxygens (including phenoxy) is 1. The SMILES string of the molecule is CCNC(CCC(C)(C)OC)C1CCc2ccccc21. The molecule has 2 unspecified atom stereocenters. The first-order valence-corrected chi connectivity index (χ1v) is 7.93. The fourth-order valence-electron chi connectivity index (χ4n) is 3.32. The predicted molar refractivity (Wildman–Crippen MR) is 85.3 cm³/mol. The molecular weight excluding hydrogens is 246 g/mol. The summed E-state index contributed by atoms with van der Waals surface area (Å²) in [6, 6.07) is 9.52. The maximum atomic E-state index is 5.57. The van der Waals surface area contributed by atoms with E-state index in [1.807, 2.05) is 7.11 Å². The lowest BCUT2D eigenvalue weighted by Gasteiger charge is -2.30. The highest BCUT2D eigenvalue weighted by Gasteiger charge is 2.30. The molecule has 2 atom stereocenters. The zero-order valence-electron chi connectivity index (χ0n) is 13.4. The Hall–Kier alpha value is -0.860. The molecule has 20 heavy (non-hydrogen) atoms. The molecule has 1 aliphatic carbocycles. The molecule has 0 saturated heterocycles. The number of benzene rings is 1. The molecule has 0 aliphatic heterocycles. The molecule has 0 spiro atoms. The van der Waals surface area contributed by atoms with Gasteiger partial charge in [-0.3, -0.25) is 0 Å². The molecule has 0 aromatic heterocycles. The minimum Gasteiger partial charge on any atom is -0.379 e. The van der Waals surface area contributed by atoms with E-state index in [0.717, 1.165) is 13.0 Å². The third-order valence-electron chi connectivity index (χ3n) is 4.74. The summed E-state index contributed by atoms with van der Waals surface area (Å²) in [5.41, 5.74) is 3.09. The third kappa shape index (κ3) is 3.62. The first-order valence-electron chi connectivity index (χ1n) is 7.93. The maximum absolute atomic E-state index is 5.57. The second-order valence-corrected chi connectivity index (χ2v) is 6.51. The van der Waals surface area contributed by atoms with Crippen molar-refractivity contribution in [1.29, 1.82) is 0 Å². The largest absolute Gasteiger partial charge is 0.379 e. The van der Waals surface area contributed by atoms with Crippen LogP contribution in [-0.4, -0.2) is 25.3 Å². The molecule has 2 nitrogen and oxygen atoms in total. The van der Waals surface area contributed by atoms with E-state index in [-0.39, 0.29) is 5.60 Å². The van der Waals surface area contributed by atoms with Gasteiger partial charge >= 0.3 is 0 Å². The number of likely N-dealkylation sites (N-methyl/N-ethyl adjacent to an activating group) is 1. The quantitative estimate of drug-likeness (QED) is 0.815. The third-order valence-corrected chi connectivity index (χ3v) is 4.74. The number of rotatable bonds is 7. The average molecular weight is 275 g/mol. The summed E-state index contributed by atoms with van der Waals surface area (Å²) in [5, 5.41) is 3.71. The highest BCUT2D eigenvalue weighted by atomic mass is 16.5. The lowest BCUT2D eigenvalue weighted by atomic mass is 9.87. The van der Waals surface area contributed by atoms with Crippen molar-refractivity contribution in [2.24, 2.45) is 0 Å². The van der Waals surface area contributed by atoms with Crippen molar-refractivity contribution in [3.8, 4) is 0 Å². The van der Waals surface area contributed by atoms with Gasteiger partial charge < -0.3 is 10.1 Å². The van der Waals surface area contributed by atoms with E-state index >= 15 is 0 Å². The van der Waals surface area contributed by atoms with Crippen LogP contribution in [0.4, 0.5) is 0 Å². The Balaban J connectivity index is 2.06. The maximum Gasteiger partial charge on any atom is 0.0623 e. The average Bonchev–Trinajstić information content (AvgIpc) is 2.87. The van der Waals surface area contributed by atoms with Crippen LogP contribution < -0.4 is 5.32 Å². The van der Waals surface area contributed by atoms with Gasteiger partial charge in [0, 0.05) is 13.2 Å². The number of nitrogens with one attached hydrogen (secondary N) is 1. The number of hydrogen-bond donors (Lipinski definition) is 1. The van der Waals surface area contributed by atoms with E-state index in [1.165, 1.54) is 19.3 Å². The highest BCUT2D eigenvalue weighted by Crippen LogP contribution is 2.37. The van der Waals surface area contributed by atoms with Gasteiger partial charge in [-0.05, 0) is 63.1 Å². The van der Waals surface area contributed by atoms with Crippen molar-refractivity contribution < 1.29 is 4.74 Å². The standard InChI is InChI=1S/C18H29NO/c1-5-19-17(12-13-18(2,3)20-4)16-11-10-14-8-6-7-9-15(14)16/h6-9,16-17,19H,5,10-13H2,1-4H3. The Kier molecular flexibility index (Phi) is 5.22. The van der Waals surface area contributed by atoms with Gasteiger partial charge in [-0.25, -0.2) is 0 Å². The fraction of sp³-hybridized carbons (Fsp3) is 0.667. The molecule has 0 fully saturated rings. The first kappa shape index (κ1) is 15.5. The van der Waals surface area contributed by atoms with Crippen LogP contribution in [0, 0.1) is 0 Å². The smallest absolute Gasteiger partial charge is 0.0623 e. The van der Waals surface area contributed by atoms with E-state index in [0.29, 0.717) is 12.0 Å². The van der Waals surface area contributed by atoms with E-state index in [1.54, 1.807) is 11.1 Å². The van der Waals surface area contributed by atoms with Gasteiger partial charge in [0.2, 0.25) is 0 Å². The van der Waals surface area contributed by atoms with Crippen molar-refractivity contribution in [1.82, 2.24) is 5.32 Å². The highest BCUT2D eigenvalue weighted by molar-refractivity contribution is 5.36. The Bertz CT molecular complexity index is 427. The van der Waals surface area contributed by atoms with Gasteiger partial charge in [0.05, 0.1) is 5.60 Å². The number of methoxy groups -OCH3 is 1. The summed E-state index contributed by atoms with van der Waals surface area (Å²) >= 11 is 0. The van der Waals surface area contributed by atoms with Crippen LogP contribution in [0.1, 0.15) is 57.1 Å². The fourth-order valence-corrected chi connectivity index (χ4v) is 3.32. The topological polar surface area (TPSA) is 21.3 Å². The predicted octanol–water partition coefficient (Wildman–Crippen LogP) is 3.90. The number of fused-ring (bicyclic) bond motifs is 1. The van der Waals surface area contributed by atoms with E-state index in [4.69, 9.17) is 4.74 Å². The minimum absolute atomic E-state index is 0.0220. The van der Waals surface area contributed by atoms with Gasteiger partial charge in [0.25, 0.3) is 0 Å². The zero-order chi connectivity index (χ0) is 14.6. The van der Waals surface area contributed by atoms with Gasteiger partial charge in [-0.2, -0.15) is 0 Å². The lowest BCUT2D eigenvalue weighted by molar-refractivity contribution is 0.0111. The summed E-state index contributed by atoms with van der Waals surface area (Å²) in [6.07, 6.45) is 4.79. The molecule has 1 aliphatic rings. The molecule has 0 saturated carbocycles. The van der Waals surface area contributed by atoms with Crippen LogP contribution in [0.15, 0.2) is 24.3 Å². The lowest BCUT2D eigenvalue weighted by Crippen LogP contribution is -2.36. The van der Waals surface area contributed by atoms with Crippen molar-refractivity contribution in [2.75, 3.05) is 13.7 Å². The second kappa shape index (κ2) is 6.73. The first-order chi connectivity index (χ1) is 9.57. The van der Waals surface area contributed by atoms with Gasteiger partial charge in [-0.15, -0.1) is 0 Å². The second-order valence-electron chi connectivity index (χ2n) is 6.51. The van der Waals surface area contributed by atoms with E-state index < -0.39 is 0 Å². The van der Waals surface area contributed by atoms with Gasteiger partial charge in [0.1, 0.15) is 0 Å². The molecule has 1 N–H and O–H groups in total. The van der Waals surface area contributed by atoms with Gasteiger partial charge in [0.15, 0.2) is 0 Å². The molecule has 0 bridgehead atoms. The van der Waals surface area contributed by atoms with Crippen molar-refractivity contribution in [2.45, 2.75) is 64.0 Å². The molecule has 2 rings (SSSR count). The van der Waals surface area contributed by atoms with Crippen LogP contribution in [0.3, 0.4) is 0 Å². The molecule has 112 valence electrons. The molecule has 1 aromatic rings. The number of aryl methyl sites for hydroxylation is 1. The molecule has 0 heterocycles. The Morgan fingerprint density at radius 2 is 2.10 bits per heavy atom. The Morgan fingerprint density at radius 3 is 2.80 bits per heavy atom. The summed E-state index contributed by atoms with van der Waals surface area (Å²) in [5.74, 6) is 0.666. The van der Waals surface area contributed by atoms with Crippen LogP contribution in [-0.2, 0) is 11.2 Å². The normalized spacial score (nSPS) is 19.9. The molecule has 1 aromatic carbocycles. The van der Waals surface area contributed by atoms with E-state index in [2.05, 4.69) is 50.4 Å². The van der Waals surface area contributed by atoms with Crippen molar-refractivity contribution in [3.63, 3.8) is 0 Å². The van der Waals surface area contributed by atoms with Crippen molar-refractivity contribution >= 4 is 0 Å². The summed E-state index contributed by atoms with van der Waals surface area (Å²) in [7, 11) is 1.81. The summed E-state index contributed by atoms with van der Waals surface area (Å²) < 4.78 is 5.57.